The average molecular weight is 367 g/mol. The highest BCUT2D eigenvalue weighted by Crippen LogP contribution is 2.17. The number of para-hydroxylation sites is 1. The van der Waals surface area contributed by atoms with E-state index in [1.54, 1.807) is 18.7 Å². The van der Waals surface area contributed by atoms with Crippen molar-refractivity contribution in [1.29, 1.82) is 0 Å². The number of amides is 1. The van der Waals surface area contributed by atoms with Gasteiger partial charge in [-0.3, -0.25) is 9.59 Å². The first-order valence-corrected chi connectivity index (χ1v) is 8.96. The highest BCUT2D eigenvalue weighted by Gasteiger charge is 2.23. The Kier molecular flexibility index (Phi) is 4.39. The van der Waals surface area contributed by atoms with Gasteiger partial charge in [-0.2, -0.15) is 5.10 Å². The second kappa shape index (κ2) is 6.86. The van der Waals surface area contributed by atoms with Crippen molar-refractivity contribution in [2.45, 2.75) is 20.4 Å². The van der Waals surface area contributed by atoms with Crippen LogP contribution in [0, 0.1) is 13.8 Å². The lowest BCUT2D eigenvalue weighted by Gasteiger charge is -2.36. The van der Waals surface area contributed by atoms with Crippen LogP contribution in [0.15, 0.2) is 39.6 Å². The van der Waals surface area contributed by atoms with E-state index in [0.29, 0.717) is 29.9 Å². The molecule has 0 saturated carbocycles. The van der Waals surface area contributed by atoms with Crippen LogP contribution in [0.4, 0.5) is 5.69 Å². The summed E-state index contributed by atoms with van der Waals surface area (Å²) in [6, 6.07) is 10.1. The van der Waals surface area contributed by atoms with E-state index in [0.717, 1.165) is 18.8 Å². The van der Waals surface area contributed by atoms with E-state index in [9.17, 15) is 9.59 Å². The standard InChI is InChI=1S/C19H21N5O3/c1-13-17-14(2)27-21-18(17)19(26)24(20-13)12-16(25)23-10-8-22(9-11-23)15-6-4-3-5-7-15/h3-7H,8-12H2,1-2H3. The Balaban J connectivity index is 1.47. The van der Waals surface area contributed by atoms with E-state index >= 15 is 0 Å². The molecule has 3 heterocycles. The Labute approximate surface area is 156 Å². The molecule has 0 radical (unpaired) electrons. The van der Waals surface area contributed by atoms with E-state index in [1.165, 1.54) is 4.68 Å². The fraction of sp³-hybridized carbons (Fsp3) is 0.368. The Morgan fingerprint density at radius 3 is 2.52 bits per heavy atom. The number of aryl methyl sites for hydroxylation is 2. The molecule has 1 aliphatic rings. The van der Waals surface area contributed by atoms with E-state index in [2.05, 4.69) is 27.3 Å². The molecule has 0 aliphatic carbocycles. The maximum absolute atomic E-state index is 12.7. The smallest absolute Gasteiger partial charge is 0.297 e. The van der Waals surface area contributed by atoms with E-state index < -0.39 is 5.56 Å². The largest absolute Gasteiger partial charge is 0.368 e. The van der Waals surface area contributed by atoms with Gasteiger partial charge in [-0.15, -0.1) is 0 Å². The molecule has 1 fully saturated rings. The summed E-state index contributed by atoms with van der Waals surface area (Å²) < 4.78 is 6.29. The lowest BCUT2D eigenvalue weighted by Crippen LogP contribution is -2.50. The van der Waals surface area contributed by atoms with E-state index in [-0.39, 0.29) is 18.0 Å². The predicted octanol–water partition coefficient (Wildman–Crippen LogP) is 1.35. The van der Waals surface area contributed by atoms with Gasteiger partial charge in [-0.1, -0.05) is 23.4 Å². The summed E-state index contributed by atoms with van der Waals surface area (Å²) in [4.78, 5) is 29.3. The van der Waals surface area contributed by atoms with Gasteiger partial charge in [0.1, 0.15) is 12.3 Å². The quantitative estimate of drug-likeness (QED) is 0.695. The number of carbonyl (C=O) groups excluding carboxylic acids is 1. The third kappa shape index (κ3) is 3.18. The molecule has 1 aliphatic heterocycles. The van der Waals surface area contributed by atoms with Crippen molar-refractivity contribution in [3.63, 3.8) is 0 Å². The molecular formula is C19H21N5O3. The normalized spacial score (nSPS) is 14.7. The highest BCUT2D eigenvalue weighted by molar-refractivity contribution is 5.82. The lowest BCUT2D eigenvalue weighted by molar-refractivity contribution is -0.132. The third-order valence-electron chi connectivity index (χ3n) is 4.97. The van der Waals surface area contributed by atoms with Gasteiger partial charge in [0.25, 0.3) is 5.56 Å². The molecule has 3 aromatic rings. The van der Waals surface area contributed by atoms with Crippen LogP contribution >= 0.6 is 0 Å². The Morgan fingerprint density at radius 1 is 1.11 bits per heavy atom. The van der Waals surface area contributed by atoms with Gasteiger partial charge in [-0.25, -0.2) is 4.68 Å². The Morgan fingerprint density at radius 2 is 1.81 bits per heavy atom. The first-order valence-electron chi connectivity index (χ1n) is 8.96. The molecule has 8 nitrogen and oxygen atoms in total. The van der Waals surface area contributed by atoms with Crippen molar-refractivity contribution in [3.8, 4) is 0 Å². The lowest BCUT2D eigenvalue weighted by atomic mass is 10.2. The monoisotopic (exact) mass is 367 g/mol. The summed E-state index contributed by atoms with van der Waals surface area (Å²) in [5.74, 6) is 0.443. The summed E-state index contributed by atoms with van der Waals surface area (Å²) in [5.41, 5.74) is 1.61. The molecule has 8 heteroatoms. The van der Waals surface area contributed by atoms with Crippen molar-refractivity contribution in [1.82, 2.24) is 19.8 Å². The predicted molar refractivity (Wildman–Crippen MR) is 101 cm³/mol. The number of hydrogen-bond acceptors (Lipinski definition) is 6. The van der Waals surface area contributed by atoms with Crippen LogP contribution in [0.25, 0.3) is 10.9 Å². The second-order valence-corrected chi connectivity index (χ2v) is 6.71. The molecule has 0 atom stereocenters. The minimum Gasteiger partial charge on any atom is -0.368 e. The third-order valence-corrected chi connectivity index (χ3v) is 4.97. The molecule has 0 spiro atoms. The molecular weight excluding hydrogens is 346 g/mol. The topological polar surface area (TPSA) is 84.5 Å². The average Bonchev–Trinajstić information content (AvgIpc) is 3.09. The highest BCUT2D eigenvalue weighted by atomic mass is 16.5. The summed E-state index contributed by atoms with van der Waals surface area (Å²) in [6.07, 6.45) is 0. The van der Waals surface area contributed by atoms with Gasteiger partial charge >= 0.3 is 0 Å². The fourth-order valence-electron chi connectivity index (χ4n) is 3.53. The number of carbonyl (C=O) groups is 1. The number of benzene rings is 1. The van der Waals surface area contributed by atoms with Crippen LogP contribution in [0.3, 0.4) is 0 Å². The molecule has 0 N–H and O–H groups in total. The zero-order valence-corrected chi connectivity index (χ0v) is 15.4. The molecule has 1 aromatic carbocycles. The van der Waals surface area contributed by atoms with Gasteiger partial charge in [0.05, 0.1) is 11.1 Å². The molecule has 140 valence electrons. The molecule has 0 unspecified atom stereocenters. The van der Waals surface area contributed by atoms with E-state index in [1.807, 2.05) is 18.2 Å². The minimum atomic E-state index is -0.399. The number of anilines is 1. The van der Waals surface area contributed by atoms with Crippen LogP contribution in [-0.2, 0) is 11.3 Å². The Hall–Kier alpha value is -3.16. The molecule has 27 heavy (non-hydrogen) atoms. The zero-order valence-electron chi connectivity index (χ0n) is 15.4. The van der Waals surface area contributed by atoms with Crippen molar-refractivity contribution in [3.05, 3.63) is 52.1 Å². The zero-order chi connectivity index (χ0) is 19.0. The number of piperazine rings is 1. The SMILES string of the molecule is Cc1nn(CC(=O)N2CCN(c3ccccc3)CC2)c(=O)c2noc(C)c12. The summed E-state index contributed by atoms with van der Waals surface area (Å²) in [5, 5.41) is 8.73. The number of hydrogen-bond donors (Lipinski definition) is 0. The van der Waals surface area contributed by atoms with Gasteiger partial charge < -0.3 is 14.3 Å². The maximum atomic E-state index is 12.7. The molecule has 1 saturated heterocycles. The van der Waals surface area contributed by atoms with Crippen LogP contribution in [0.2, 0.25) is 0 Å². The summed E-state index contributed by atoms with van der Waals surface area (Å²) in [6.45, 7) is 6.19. The van der Waals surface area contributed by atoms with Crippen molar-refractivity contribution < 1.29 is 9.32 Å². The van der Waals surface area contributed by atoms with Gasteiger partial charge in [0.2, 0.25) is 5.91 Å². The fourth-order valence-corrected chi connectivity index (χ4v) is 3.53. The van der Waals surface area contributed by atoms with Gasteiger partial charge in [0, 0.05) is 31.9 Å². The van der Waals surface area contributed by atoms with Crippen molar-refractivity contribution >= 4 is 22.5 Å². The minimum absolute atomic E-state index is 0.0904. The van der Waals surface area contributed by atoms with Crippen LogP contribution in [0.1, 0.15) is 11.5 Å². The molecule has 1 amide bonds. The number of rotatable bonds is 3. The number of fused-ring (bicyclic) bond motifs is 1. The van der Waals surface area contributed by atoms with E-state index in [4.69, 9.17) is 4.52 Å². The van der Waals surface area contributed by atoms with Crippen LogP contribution in [0.5, 0.6) is 0 Å². The summed E-state index contributed by atoms with van der Waals surface area (Å²) >= 11 is 0. The first-order chi connectivity index (χ1) is 13.0. The van der Waals surface area contributed by atoms with Crippen molar-refractivity contribution in [2.75, 3.05) is 31.1 Å². The van der Waals surface area contributed by atoms with Gasteiger partial charge in [0.15, 0.2) is 5.52 Å². The molecule has 0 bridgehead atoms. The van der Waals surface area contributed by atoms with Crippen LogP contribution in [-0.4, -0.2) is 51.9 Å². The molecule has 4 rings (SSSR count). The van der Waals surface area contributed by atoms with Gasteiger partial charge in [-0.05, 0) is 26.0 Å². The first kappa shape index (κ1) is 17.3. The van der Waals surface area contributed by atoms with Crippen molar-refractivity contribution in [2.24, 2.45) is 0 Å². The Bertz CT molecular complexity index is 1030. The van der Waals surface area contributed by atoms with Crippen LogP contribution < -0.4 is 10.5 Å². The maximum Gasteiger partial charge on any atom is 0.297 e. The number of aromatic nitrogens is 3. The summed E-state index contributed by atoms with van der Waals surface area (Å²) in [7, 11) is 0. The second-order valence-electron chi connectivity index (χ2n) is 6.71. The molecule has 2 aromatic heterocycles. The number of nitrogens with zero attached hydrogens (tertiary/aromatic N) is 5.